The van der Waals surface area contributed by atoms with Crippen molar-refractivity contribution < 1.29 is 0 Å². The van der Waals surface area contributed by atoms with Gasteiger partial charge in [-0.1, -0.05) is 30.5 Å². The molecule has 1 nitrogen and oxygen atoms in total. The number of hydrogen-bond acceptors (Lipinski definition) is 2. The first-order valence-electron chi connectivity index (χ1n) is 6.71. The van der Waals surface area contributed by atoms with E-state index in [9.17, 15) is 0 Å². The highest BCUT2D eigenvalue weighted by atomic mass is 35.5. The molecule has 0 bridgehead atoms. The summed E-state index contributed by atoms with van der Waals surface area (Å²) in [6, 6.07) is 6.25. The lowest BCUT2D eigenvalue weighted by Crippen LogP contribution is -2.23. The maximum atomic E-state index is 6.04. The molecule has 0 radical (unpaired) electrons. The number of nitrogens with zero attached hydrogens (tertiary/aromatic N) is 1. The number of fused-ring (bicyclic) bond motifs is 1. The third kappa shape index (κ3) is 2.71. The minimum Gasteiger partial charge on any atom is -0.299 e. The molecule has 1 aliphatic rings. The zero-order chi connectivity index (χ0) is 12.4. The van der Waals surface area contributed by atoms with Crippen LogP contribution in [0.4, 0.5) is 0 Å². The Labute approximate surface area is 117 Å². The number of rotatable bonds is 2. The molecule has 96 valence electrons. The fourth-order valence-electron chi connectivity index (χ4n) is 2.71. The molecule has 18 heavy (non-hydrogen) atoms. The van der Waals surface area contributed by atoms with Crippen LogP contribution in [0.5, 0.6) is 0 Å². The van der Waals surface area contributed by atoms with E-state index in [1.54, 1.807) is 0 Å². The normalized spacial score (nSPS) is 18.1. The van der Waals surface area contributed by atoms with Gasteiger partial charge < -0.3 is 0 Å². The van der Waals surface area contributed by atoms with E-state index in [1.165, 1.54) is 54.4 Å². The zero-order valence-electron chi connectivity index (χ0n) is 10.5. The second-order valence-electron chi connectivity index (χ2n) is 5.09. The van der Waals surface area contributed by atoms with Crippen molar-refractivity contribution in [1.82, 2.24) is 4.90 Å². The van der Waals surface area contributed by atoms with Gasteiger partial charge in [0.1, 0.15) is 0 Å². The van der Waals surface area contributed by atoms with E-state index in [0.717, 1.165) is 11.6 Å². The Morgan fingerprint density at radius 2 is 1.89 bits per heavy atom. The van der Waals surface area contributed by atoms with E-state index in [0.29, 0.717) is 0 Å². The first-order valence-corrected chi connectivity index (χ1v) is 7.97. The molecule has 1 fully saturated rings. The Hall–Kier alpha value is -0.570. The number of halogens is 1. The van der Waals surface area contributed by atoms with Gasteiger partial charge in [-0.15, -0.1) is 11.3 Å². The van der Waals surface area contributed by atoms with Gasteiger partial charge in [-0.3, -0.25) is 4.90 Å². The standard InChI is InChI=1S/C15H18ClNS/c16-13-5-6-14-12(11-18-15(14)9-13)10-17-7-3-1-2-4-8-17/h5-6,9,11H,1-4,7-8,10H2. The summed E-state index contributed by atoms with van der Waals surface area (Å²) in [7, 11) is 0. The Kier molecular flexibility index (Phi) is 3.88. The largest absolute Gasteiger partial charge is 0.299 e. The van der Waals surface area contributed by atoms with Crippen molar-refractivity contribution in [2.75, 3.05) is 13.1 Å². The molecule has 0 aliphatic carbocycles. The predicted octanol–water partition coefficient (Wildman–Crippen LogP) is 4.93. The topological polar surface area (TPSA) is 3.24 Å². The lowest BCUT2D eigenvalue weighted by molar-refractivity contribution is 0.278. The number of benzene rings is 1. The van der Waals surface area contributed by atoms with Crippen molar-refractivity contribution >= 4 is 33.0 Å². The lowest BCUT2D eigenvalue weighted by atomic mass is 10.1. The second-order valence-corrected chi connectivity index (χ2v) is 6.44. The minimum absolute atomic E-state index is 0.839. The smallest absolute Gasteiger partial charge is 0.0420 e. The van der Waals surface area contributed by atoms with E-state index in [2.05, 4.69) is 22.4 Å². The van der Waals surface area contributed by atoms with Gasteiger partial charge in [-0.05, 0) is 54.4 Å². The van der Waals surface area contributed by atoms with Crippen LogP contribution in [0.3, 0.4) is 0 Å². The van der Waals surface area contributed by atoms with Crippen molar-refractivity contribution in [3.05, 3.63) is 34.2 Å². The second kappa shape index (κ2) is 5.60. The van der Waals surface area contributed by atoms with Gasteiger partial charge in [0.2, 0.25) is 0 Å². The van der Waals surface area contributed by atoms with E-state index in [-0.39, 0.29) is 0 Å². The highest BCUT2D eigenvalue weighted by Gasteiger charge is 2.12. The van der Waals surface area contributed by atoms with Gasteiger partial charge in [-0.2, -0.15) is 0 Å². The molecule has 3 heteroatoms. The average Bonchev–Trinajstić information content (AvgIpc) is 2.59. The fourth-order valence-corrected chi connectivity index (χ4v) is 3.94. The first-order chi connectivity index (χ1) is 8.83. The van der Waals surface area contributed by atoms with Gasteiger partial charge >= 0.3 is 0 Å². The molecule has 1 aromatic carbocycles. The van der Waals surface area contributed by atoms with Crippen LogP contribution in [0.2, 0.25) is 5.02 Å². The summed E-state index contributed by atoms with van der Waals surface area (Å²) in [5, 5.41) is 4.52. The molecule has 0 saturated carbocycles. The number of thiophene rings is 1. The summed E-state index contributed by atoms with van der Waals surface area (Å²) in [4.78, 5) is 2.60. The summed E-state index contributed by atoms with van der Waals surface area (Å²) < 4.78 is 1.31. The van der Waals surface area contributed by atoms with Crippen molar-refractivity contribution in [2.24, 2.45) is 0 Å². The molecular weight excluding hydrogens is 262 g/mol. The van der Waals surface area contributed by atoms with Crippen LogP contribution < -0.4 is 0 Å². The van der Waals surface area contributed by atoms with Crippen LogP contribution in [0, 0.1) is 0 Å². The number of hydrogen-bond donors (Lipinski definition) is 0. The van der Waals surface area contributed by atoms with Gasteiger partial charge in [0.05, 0.1) is 0 Å². The van der Waals surface area contributed by atoms with E-state index in [4.69, 9.17) is 11.6 Å². The molecule has 1 aromatic heterocycles. The summed E-state index contributed by atoms with van der Waals surface area (Å²) in [6.07, 6.45) is 5.51. The molecule has 2 aromatic rings. The zero-order valence-corrected chi connectivity index (χ0v) is 12.1. The van der Waals surface area contributed by atoms with Crippen molar-refractivity contribution in [3.63, 3.8) is 0 Å². The highest BCUT2D eigenvalue weighted by Crippen LogP contribution is 2.29. The molecule has 0 spiro atoms. The fraction of sp³-hybridized carbons (Fsp3) is 0.467. The van der Waals surface area contributed by atoms with Crippen LogP contribution in [0.25, 0.3) is 10.1 Å². The van der Waals surface area contributed by atoms with Gasteiger partial charge in [0.25, 0.3) is 0 Å². The molecular formula is C15H18ClNS. The van der Waals surface area contributed by atoms with Crippen LogP contribution in [-0.2, 0) is 6.54 Å². The third-order valence-electron chi connectivity index (χ3n) is 3.71. The average molecular weight is 280 g/mol. The number of likely N-dealkylation sites (tertiary alicyclic amines) is 1. The highest BCUT2D eigenvalue weighted by molar-refractivity contribution is 7.17. The molecule has 3 rings (SSSR count). The summed E-state index contributed by atoms with van der Waals surface area (Å²) in [6.45, 7) is 3.61. The minimum atomic E-state index is 0.839. The third-order valence-corrected chi connectivity index (χ3v) is 4.94. The summed E-state index contributed by atoms with van der Waals surface area (Å²) in [5.41, 5.74) is 1.47. The molecule has 2 heterocycles. The Morgan fingerprint density at radius 1 is 1.11 bits per heavy atom. The Bertz CT molecular complexity index is 526. The van der Waals surface area contributed by atoms with E-state index >= 15 is 0 Å². The summed E-state index contributed by atoms with van der Waals surface area (Å²) in [5.74, 6) is 0. The van der Waals surface area contributed by atoms with E-state index in [1.807, 2.05) is 17.4 Å². The van der Waals surface area contributed by atoms with Crippen molar-refractivity contribution in [1.29, 1.82) is 0 Å². The molecule has 1 aliphatic heterocycles. The maximum Gasteiger partial charge on any atom is 0.0420 e. The molecule has 0 amide bonds. The predicted molar refractivity (Wildman–Crippen MR) is 80.6 cm³/mol. The summed E-state index contributed by atoms with van der Waals surface area (Å²) >= 11 is 7.85. The molecule has 1 saturated heterocycles. The van der Waals surface area contributed by atoms with Gasteiger partial charge in [0.15, 0.2) is 0 Å². The van der Waals surface area contributed by atoms with Crippen LogP contribution in [0.1, 0.15) is 31.2 Å². The van der Waals surface area contributed by atoms with Crippen LogP contribution in [0.15, 0.2) is 23.6 Å². The lowest BCUT2D eigenvalue weighted by Gasteiger charge is -2.19. The van der Waals surface area contributed by atoms with Gasteiger partial charge in [-0.25, -0.2) is 0 Å². The first kappa shape index (κ1) is 12.5. The van der Waals surface area contributed by atoms with Crippen LogP contribution in [-0.4, -0.2) is 18.0 Å². The van der Waals surface area contributed by atoms with Crippen molar-refractivity contribution in [2.45, 2.75) is 32.2 Å². The Morgan fingerprint density at radius 3 is 2.67 bits per heavy atom. The Balaban J connectivity index is 1.81. The maximum absolute atomic E-state index is 6.04. The monoisotopic (exact) mass is 279 g/mol. The molecule has 0 atom stereocenters. The van der Waals surface area contributed by atoms with Gasteiger partial charge in [0, 0.05) is 16.3 Å². The molecule has 0 N–H and O–H groups in total. The van der Waals surface area contributed by atoms with Crippen LogP contribution >= 0.6 is 22.9 Å². The van der Waals surface area contributed by atoms with Crippen molar-refractivity contribution in [3.8, 4) is 0 Å². The SMILES string of the molecule is Clc1ccc2c(CN3CCCCCC3)csc2c1. The quantitative estimate of drug-likeness (QED) is 0.753. The van der Waals surface area contributed by atoms with E-state index < -0.39 is 0 Å². The molecule has 0 unspecified atom stereocenters.